The Kier molecular flexibility index (Phi) is 6.40. The number of piperazine rings is 1. The normalized spacial score (nSPS) is 19.9. The second-order valence-electron chi connectivity index (χ2n) is 7.60. The highest BCUT2D eigenvalue weighted by molar-refractivity contribution is 7.91. The van der Waals surface area contributed by atoms with Crippen LogP contribution in [0.4, 0.5) is 5.69 Å². The van der Waals surface area contributed by atoms with Crippen LogP contribution in [0.25, 0.3) is 0 Å². The van der Waals surface area contributed by atoms with Gasteiger partial charge in [0.05, 0.1) is 25.8 Å². The van der Waals surface area contributed by atoms with E-state index in [2.05, 4.69) is 0 Å². The first-order valence-electron chi connectivity index (χ1n) is 10.2. The smallest absolute Gasteiger partial charge is 0.252 e. The summed E-state index contributed by atoms with van der Waals surface area (Å²) in [6, 6.07) is 8.48. The van der Waals surface area contributed by atoms with Crippen molar-refractivity contribution in [2.24, 2.45) is 5.92 Å². The molecule has 0 N–H and O–H groups in total. The number of carbonyl (C=O) groups is 2. The SMILES string of the molecule is COc1ccc(N2CC(C(=O)N3CCN(S(=O)(=O)c4cccs4)CC3)CC2=O)c(OC)c1. The summed E-state index contributed by atoms with van der Waals surface area (Å²) in [6.07, 6.45) is 0.113. The molecule has 4 rings (SSSR count). The third kappa shape index (κ3) is 4.19. The molecule has 9 nitrogen and oxygen atoms in total. The van der Waals surface area contributed by atoms with Gasteiger partial charge in [-0.1, -0.05) is 6.07 Å². The van der Waals surface area contributed by atoms with Crippen LogP contribution in [0, 0.1) is 5.92 Å². The number of sulfonamides is 1. The highest BCUT2D eigenvalue weighted by Crippen LogP contribution is 2.36. The Balaban J connectivity index is 1.41. The van der Waals surface area contributed by atoms with Gasteiger partial charge in [0.25, 0.3) is 10.0 Å². The molecule has 2 aliphatic rings. The number of benzene rings is 1. The highest BCUT2D eigenvalue weighted by atomic mass is 32.2. The number of nitrogens with zero attached hydrogens (tertiary/aromatic N) is 3. The molecule has 32 heavy (non-hydrogen) atoms. The molecule has 0 spiro atoms. The van der Waals surface area contributed by atoms with Gasteiger partial charge < -0.3 is 19.3 Å². The van der Waals surface area contributed by atoms with Crippen LogP contribution >= 0.6 is 11.3 Å². The number of carbonyl (C=O) groups excluding carboxylic acids is 2. The lowest BCUT2D eigenvalue weighted by Crippen LogP contribution is -2.52. The summed E-state index contributed by atoms with van der Waals surface area (Å²) in [6.45, 7) is 1.35. The monoisotopic (exact) mass is 479 g/mol. The lowest BCUT2D eigenvalue weighted by Gasteiger charge is -2.35. The van der Waals surface area contributed by atoms with Gasteiger partial charge in [-0.05, 0) is 23.6 Å². The zero-order valence-corrected chi connectivity index (χ0v) is 19.5. The molecule has 2 saturated heterocycles. The average Bonchev–Trinajstić information content (AvgIpc) is 3.49. The third-order valence-electron chi connectivity index (χ3n) is 5.79. The molecule has 172 valence electrons. The van der Waals surface area contributed by atoms with Crippen molar-refractivity contribution in [1.82, 2.24) is 9.21 Å². The lowest BCUT2D eigenvalue weighted by molar-refractivity contribution is -0.136. The van der Waals surface area contributed by atoms with Crippen LogP contribution in [0.2, 0.25) is 0 Å². The summed E-state index contributed by atoms with van der Waals surface area (Å²) >= 11 is 1.18. The van der Waals surface area contributed by atoms with E-state index >= 15 is 0 Å². The fourth-order valence-electron chi connectivity index (χ4n) is 4.06. The number of thiophene rings is 1. The van der Waals surface area contributed by atoms with Gasteiger partial charge in [-0.3, -0.25) is 9.59 Å². The fourth-order valence-corrected chi connectivity index (χ4v) is 6.63. The van der Waals surface area contributed by atoms with Gasteiger partial charge in [0.1, 0.15) is 15.7 Å². The Hall–Kier alpha value is -2.63. The predicted octanol–water partition coefficient (Wildman–Crippen LogP) is 1.65. The van der Waals surface area contributed by atoms with Crippen molar-refractivity contribution in [3.63, 3.8) is 0 Å². The first kappa shape index (κ1) is 22.6. The van der Waals surface area contributed by atoms with Gasteiger partial charge in [0, 0.05) is 45.2 Å². The quantitative estimate of drug-likeness (QED) is 0.625. The minimum Gasteiger partial charge on any atom is -0.497 e. The molecular weight excluding hydrogens is 454 g/mol. The summed E-state index contributed by atoms with van der Waals surface area (Å²) in [5, 5.41) is 1.73. The van der Waals surface area contributed by atoms with Crippen molar-refractivity contribution in [3.05, 3.63) is 35.7 Å². The molecule has 3 heterocycles. The van der Waals surface area contributed by atoms with Crippen LogP contribution in [0.3, 0.4) is 0 Å². The van der Waals surface area contributed by atoms with Crippen LogP contribution < -0.4 is 14.4 Å². The van der Waals surface area contributed by atoms with E-state index in [1.807, 2.05) is 0 Å². The maximum absolute atomic E-state index is 13.1. The van der Waals surface area contributed by atoms with E-state index in [1.165, 1.54) is 22.8 Å². The Morgan fingerprint density at radius 3 is 2.47 bits per heavy atom. The van der Waals surface area contributed by atoms with Crippen LogP contribution in [0.1, 0.15) is 6.42 Å². The fraction of sp³-hybridized carbons (Fsp3) is 0.429. The van der Waals surface area contributed by atoms with Crippen molar-refractivity contribution in [2.75, 3.05) is 51.8 Å². The molecule has 2 amide bonds. The number of ether oxygens (including phenoxy) is 2. The summed E-state index contributed by atoms with van der Waals surface area (Å²) in [5.74, 6) is 0.362. The van der Waals surface area contributed by atoms with Crippen LogP contribution in [0.15, 0.2) is 39.9 Å². The summed E-state index contributed by atoms with van der Waals surface area (Å²) in [7, 11) is -0.456. The van der Waals surface area contributed by atoms with Gasteiger partial charge >= 0.3 is 0 Å². The maximum atomic E-state index is 13.1. The van der Waals surface area contributed by atoms with E-state index in [-0.39, 0.29) is 37.9 Å². The van der Waals surface area contributed by atoms with E-state index in [0.717, 1.165) is 0 Å². The van der Waals surface area contributed by atoms with Gasteiger partial charge in [-0.15, -0.1) is 11.3 Å². The van der Waals surface area contributed by atoms with Gasteiger partial charge in [0.2, 0.25) is 11.8 Å². The van der Waals surface area contributed by atoms with Gasteiger partial charge in [0.15, 0.2) is 0 Å². The Bertz CT molecular complexity index is 1090. The van der Waals surface area contributed by atoms with Crippen molar-refractivity contribution in [2.45, 2.75) is 10.6 Å². The van der Waals surface area contributed by atoms with Crippen molar-refractivity contribution >= 4 is 38.9 Å². The van der Waals surface area contributed by atoms with Crippen molar-refractivity contribution < 1.29 is 27.5 Å². The second-order valence-corrected chi connectivity index (χ2v) is 10.7. The largest absolute Gasteiger partial charge is 0.497 e. The molecule has 1 aromatic carbocycles. The summed E-state index contributed by atoms with van der Waals surface area (Å²) in [4.78, 5) is 29.0. The first-order valence-corrected chi connectivity index (χ1v) is 12.5. The second kappa shape index (κ2) is 9.08. The van der Waals surface area contributed by atoms with E-state index in [0.29, 0.717) is 34.5 Å². The number of hydrogen-bond acceptors (Lipinski definition) is 7. The molecule has 0 aliphatic carbocycles. The molecule has 1 atom stereocenters. The molecule has 11 heteroatoms. The van der Waals surface area contributed by atoms with Crippen LogP contribution in [0.5, 0.6) is 11.5 Å². The van der Waals surface area contributed by atoms with E-state index in [1.54, 1.807) is 52.6 Å². The van der Waals surface area contributed by atoms with Crippen molar-refractivity contribution in [3.8, 4) is 11.5 Å². The highest BCUT2D eigenvalue weighted by Gasteiger charge is 2.40. The minimum atomic E-state index is -3.53. The van der Waals surface area contributed by atoms with Crippen molar-refractivity contribution in [1.29, 1.82) is 0 Å². The molecule has 0 saturated carbocycles. The summed E-state index contributed by atoms with van der Waals surface area (Å²) in [5.41, 5.74) is 0.598. The number of methoxy groups -OCH3 is 2. The van der Waals surface area contributed by atoms with Crippen LogP contribution in [-0.4, -0.2) is 76.4 Å². The van der Waals surface area contributed by atoms with Gasteiger partial charge in [-0.2, -0.15) is 4.31 Å². The Morgan fingerprint density at radius 2 is 1.84 bits per heavy atom. The minimum absolute atomic E-state index is 0.113. The molecule has 2 aromatic rings. The molecule has 1 unspecified atom stereocenters. The zero-order valence-electron chi connectivity index (χ0n) is 17.9. The molecule has 0 radical (unpaired) electrons. The van der Waals surface area contributed by atoms with E-state index < -0.39 is 15.9 Å². The zero-order chi connectivity index (χ0) is 22.9. The van der Waals surface area contributed by atoms with Gasteiger partial charge in [-0.25, -0.2) is 8.42 Å². The molecular formula is C21H25N3O6S2. The third-order valence-corrected chi connectivity index (χ3v) is 9.06. The number of anilines is 1. The predicted molar refractivity (Wildman–Crippen MR) is 120 cm³/mol. The maximum Gasteiger partial charge on any atom is 0.252 e. The van der Waals surface area contributed by atoms with E-state index in [4.69, 9.17) is 9.47 Å². The Morgan fingerprint density at radius 1 is 1.09 bits per heavy atom. The lowest BCUT2D eigenvalue weighted by atomic mass is 10.1. The number of amides is 2. The standard InChI is InChI=1S/C21H25N3O6S2/c1-29-16-5-6-17(18(13-16)30-2)24-14-15(12-19(24)25)21(26)22-7-9-23(10-8-22)32(27,28)20-4-3-11-31-20/h3-6,11,13,15H,7-10,12,14H2,1-2H3. The molecule has 0 bridgehead atoms. The number of rotatable bonds is 6. The summed E-state index contributed by atoms with van der Waals surface area (Å²) < 4.78 is 37.7. The molecule has 2 fully saturated rings. The van der Waals surface area contributed by atoms with E-state index in [9.17, 15) is 18.0 Å². The molecule has 2 aliphatic heterocycles. The number of hydrogen-bond donors (Lipinski definition) is 0. The average molecular weight is 480 g/mol. The molecule has 1 aromatic heterocycles. The Labute approximate surface area is 191 Å². The first-order chi connectivity index (χ1) is 15.3. The van der Waals surface area contributed by atoms with Crippen LogP contribution in [-0.2, 0) is 19.6 Å². The topological polar surface area (TPSA) is 96.5 Å².